The summed E-state index contributed by atoms with van der Waals surface area (Å²) in [6, 6.07) is 12.4. The summed E-state index contributed by atoms with van der Waals surface area (Å²) in [7, 11) is 0. The highest BCUT2D eigenvalue weighted by molar-refractivity contribution is 5.83. The van der Waals surface area contributed by atoms with Gasteiger partial charge in [-0.1, -0.05) is 35.9 Å². The molecule has 0 aliphatic carbocycles. The molecule has 3 aromatic rings. The molecule has 3 heteroatoms. The molecule has 0 bridgehead atoms. The van der Waals surface area contributed by atoms with Crippen LogP contribution in [0, 0.1) is 6.92 Å². The molecule has 19 heavy (non-hydrogen) atoms. The lowest BCUT2D eigenvalue weighted by Gasteiger charge is -2.12. The van der Waals surface area contributed by atoms with Gasteiger partial charge >= 0.3 is 0 Å². The van der Waals surface area contributed by atoms with Crippen molar-refractivity contribution in [3.63, 3.8) is 0 Å². The van der Waals surface area contributed by atoms with Crippen LogP contribution in [-0.4, -0.2) is 14.7 Å². The number of imidazole rings is 1. The van der Waals surface area contributed by atoms with Crippen LogP contribution in [0.4, 0.5) is 0 Å². The number of nitrogens with zero attached hydrogens (tertiary/aromatic N) is 2. The number of benzene rings is 2. The number of hydrogen-bond acceptors (Lipinski definition) is 2. The highest BCUT2D eigenvalue weighted by Gasteiger charge is 2.08. The largest absolute Gasteiger partial charge is 0.387 e. The molecule has 0 amide bonds. The Hall–Kier alpha value is -2.13. The second-order valence-electron chi connectivity index (χ2n) is 4.89. The molecule has 0 aliphatic rings. The summed E-state index contributed by atoms with van der Waals surface area (Å²) in [6.07, 6.45) is 4.77. The zero-order valence-electron chi connectivity index (χ0n) is 10.8. The molecule has 1 heterocycles. The Morgan fingerprint density at radius 3 is 2.74 bits per heavy atom. The topological polar surface area (TPSA) is 38.0 Å². The van der Waals surface area contributed by atoms with Crippen LogP contribution in [0.2, 0.25) is 0 Å². The van der Waals surface area contributed by atoms with E-state index >= 15 is 0 Å². The third-order valence-corrected chi connectivity index (χ3v) is 3.35. The fourth-order valence-corrected chi connectivity index (χ4v) is 2.29. The maximum atomic E-state index is 10.3. The average Bonchev–Trinajstić information content (AvgIpc) is 2.91. The minimum absolute atomic E-state index is 0.514. The Morgan fingerprint density at radius 2 is 1.95 bits per heavy atom. The molecule has 0 saturated heterocycles. The molecule has 0 fully saturated rings. The van der Waals surface area contributed by atoms with Crippen molar-refractivity contribution in [3.05, 3.63) is 66.2 Å². The molecular formula is C16H16N2O. The summed E-state index contributed by atoms with van der Waals surface area (Å²) in [5, 5.41) is 12.6. The van der Waals surface area contributed by atoms with Crippen LogP contribution in [0.25, 0.3) is 10.8 Å². The average molecular weight is 252 g/mol. The van der Waals surface area contributed by atoms with E-state index in [9.17, 15) is 5.11 Å². The zero-order valence-corrected chi connectivity index (χ0v) is 10.8. The zero-order chi connectivity index (χ0) is 13.2. The summed E-state index contributed by atoms with van der Waals surface area (Å²) >= 11 is 0. The van der Waals surface area contributed by atoms with Crippen molar-refractivity contribution in [2.45, 2.75) is 19.6 Å². The molecule has 0 aliphatic heterocycles. The fraction of sp³-hybridized carbons (Fsp3) is 0.188. The van der Waals surface area contributed by atoms with Gasteiger partial charge < -0.3 is 9.67 Å². The summed E-state index contributed by atoms with van der Waals surface area (Å²) in [4.78, 5) is 3.98. The van der Waals surface area contributed by atoms with Crippen LogP contribution < -0.4 is 0 Å². The number of aromatic nitrogens is 2. The third kappa shape index (κ3) is 2.51. The van der Waals surface area contributed by atoms with E-state index in [1.807, 2.05) is 16.8 Å². The predicted octanol–water partition coefficient (Wildman–Crippen LogP) is 3.08. The SMILES string of the molecule is Cc1ccc2cc(C(O)Cn3ccnc3)ccc2c1. The Morgan fingerprint density at radius 1 is 1.16 bits per heavy atom. The van der Waals surface area contributed by atoms with E-state index in [4.69, 9.17) is 0 Å². The number of hydrogen-bond donors (Lipinski definition) is 1. The highest BCUT2D eigenvalue weighted by atomic mass is 16.3. The van der Waals surface area contributed by atoms with Crippen molar-refractivity contribution in [1.29, 1.82) is 0 Å². The van der Waals surface area contributed by atoms with Gasteiger partial charge in [-0.15, -0.1) is 0 Å². The van der Waals surface area contributed by atoms with Crippen LogP contribution in [0.3, 0.4) is 0 Å². The molecule has 96 valence electrons. The molecule has 3 nitrogen and oxygen atoms in total. The van der Waals surface area contributed by atoms with E-state index in [2.05, 4.69) is 42.2 Å². The van der Waals surface area contributed by atoms with Gasteiger partial charge in [-0.2, -0.15) is 0 Å². The Balaban J connectivity index is 1.90. The minimum Gasteiger partial charge on any atom is -0.387 e. The van der Waals surface area contributed by atoms with Crippen molar-refractivity contribution in [2.75, 3.05) is 0 Å². The summed E-state index contributed by atoms with van der Waals surface area (Å²) < 4.78 is 1.88. The Kier molecular flexibility index (Phi) is 3.05. The van der Waals surface area contributed by atoms with E-state index < -0.39 is 6.10 Å². The van der Waals surface area contributed by atoms with Crippen LogP contribution in [-0.2, 0) is 6.54 Å². The molecule has 0 saturated carbocycles. The molecule has 0 spiro atoms. The molecule has 0 radical (unpaired) electrons. The van der Waals surface area contributed by atoms with Gasteiger partial charge in [0, 0.05) is 12.4 Å². The van der Waals surface area contributed by atoms with Gasteiger partial charge in [0.15, 0.2) is 0 Å². The van der Waals surface area contributed by atoms with Gasteiger partial charge in [-0.3, -0.25) is 0 Å². The number of aryl methyl sites for hydroxylation is 1. The van der Waals surface area contributed by atoms with Crippen LogP contribution in [0.1, 0.15) is 17.2 Å². The summed E-state index contributed by atoms with van der Waals surface area (Å²) in [5.74, 6) is 0. The Labute approximate surface area is 112 Å². The second-order valence-corrected chi connectivity index (χ2v) is 4.89. The number of aliphatic hydroxyl groups excluding tert-OH is 1. The van der Waals surface area contributed by atoms with E-state index in [0.29, 0.717) is 6.54 Å². The summed E-state index contributed by atoms with van der Waals surface area (Å²) in [5.41, 5.74) is 2.18. The van der Waals surface area contributed by atoms with E-state index in [1.54, 1.807) is 12.5 Å². The smallest absolute Gasteiger partial charge is 0.0969 e. The van der Waals surface area contributed by atoms with E-state index in [-0.39, 0.29) is 0 Å². The van der Waals surface area contributed by atoms with E-state index in [1.165, 1.54) is 10.9 Å². The quantitative estimate of drug-likeness (QED) is 0.778. The van der Waals surface area contributed by atoms with Gasteiger partial charge in [0.1, 0.15) is 0 Å². The van der Waals surface area contributed by atoms with Crippen molar-refractivity contribution in [2.24, 2.45) is 0 Å². The molecule has 1 N–H and O–H groups in total. The van der Waals surface area contributed by atoms with Crippen LogP contribution in [0.15, 0.2) is 55.1 Å². The van der Waals surface area contributed by atoms with Crippen LogP contribution in [0.5, 0.6) is 0 Å². The predicted molar refractivity (Wildman–Crippen MR) is 75.9 cm³/mol. The van der Waals surface area contributed by atoms with Crippen molar-refractivity contribution < 1.29 is 5.11 Å². The van der Waals surface area contributed by atoms with Gasteiger partial charge in [0.25, 0.3) is 0 Å². The first-order valence-corrected chi connectivity index (χ1v) is 6.36. The van der Waals surface area contributed by atoms with Crippen molar-refractivity contribution >= 4 is 10.8 Å². The lowest BCUT2D eigenvalue weighted by Crippen LogP contribution is -2.06. The first-order chi connectivity index (χ1) is 9.22. The maximum absolute atomic E-state index is 10.3. The van der Waals surface area contributed by atoms with Crippen LogP contribution >= 0.6 is 0 Å². The van der Waals surface area contributed by atoms with Gasteiger partial charge in [-0.05, 0) is 29.3 Å². The molecule has 1 unspecified atom stereocenters. The first kappa shape index (κ1) is 11.9. The third-order valence-electron chi connectivity index (χ3n) is 3.35. The lowest BCUT2D eigenvalue weighted by atomic mass is 10.0. The maximum Gasteiger partial charge on any atom is 0.0969 e. The molecule has 1 atom stereocenters. The van der Waals surface area contributed by atoms with Gasteiger partial charge in [0.05, 0.1) is 19.0 Å². The molecule has 2 aromatic carbocycles. The highest BCUT2D eigenvalue weighted by Crippen LogP contribution is 2.22. The van der Waals surface area contributed by atoms with Crippen molar-refractivity contribution in [1.82, 2.24) is 9.55 Å². The lowest BCUT2D eigenvalue weighted by molar-refractivity contribution is 0.156. The number of aliphatic hydroxyl groups is 1. The number of fused-ring (bicyclic) bond motifs is 1. The van der Waals surface area contributed by atoms with Gasteiger partial charge in [0.2, 0.25) is 0 Å². The number of rotatable bonds is 3. The Bertz CT molecular complexity index is 689. The minimum atomic E-state index is -0.514. The molecular weight excluding hydrogens is 236 g/mol. The van der Waals surface area contributed by atoms with Gasteiger partial charge in [-0.25, -0.2) is 4.98 Å². The molecule has 3 rings (SSSR count). The first-order valence-electron chi connectivity index (χ1n) is 6.36. The van der Waals surface area contributed by atoms with Crippen molar-refractivity contribution in [3.8, 4) is 0 Å². The summed E-state index contributed by atoms with van der Waals surface area (Å²) in [6.45, 7) is 2.61. The normalized spacial score (nSPS) is 12.7. The molecule has 1 aromatic heterocycles. The second kappa shape index (κ2) is 4.86. The standard InChI is InChI=1S/C16H16N2O/c1-12-2-3-14-9-15(5-4-13(14)8-12)16(19)10-18-7-6-17-11-18/h2-9,11,16,19H,10H2,1H3. The fourth-order valence-electron chi connectivity index (χ4n) is 2.29. The monoisotopic (exact) mass is 252 g/mol. The van der Waals surface area contributed by atoms with E-state index in [0.717, 1.165) is 10.9 Å².